The molecule has 3 heterocycles. The van der Waals surface area contributed by atoms with Gasteiger partial charge in [-0.25, -0.2) is 13.9 Å². The van der Waals surface area contributed by atoms with Gasteiger partial charge in [-0.05, 0) is 6.07 Å². The van der Waals surface area contributed by atoms with Gasteiger partial charge in [0, 0.05) is 13.1 Å². The number of aromatic nitrogens is 2. The summed E-state index contributed by atoms with van der Waals surface area (Å²) in [5, 5.41) is 52.3. The topological polar surface area (TPSA) is 312 Å². The molecule has 20 nitrogen and oxygen atoms in total. The Hall–Kier alpha value is -1.87. The maximum absolute atomic E-state index is 12.2. The highest BCUT2D eigenvalue weighted by molar-refractivity contribution is 7.61. The van der Waals surface area contributed by atoms with E-state index in [4.69, 9.17) is 15.2 Å². The third-order valence-corrected chi connectivity index (χ3v) is 8.13. The number of phosphoric ester groups is 2. The summed E-state index contributed by atoms with van der Waals surface area (Å²) in [7, 11) is -10.8. The van der Waals surface area contributed by atoms with E-state index in [1.54, 1.807) is 0 Å². The Morgan fingerprint density at radius 1 is 1.00 bits per heavy atom. The molecular weight excluding hydrogens is 578 g/mol. The number of hydrogen-bond donors (Lipinski definition) is 9. The first-order chi connectivity index (χ1) is 18.0. The van der Waals surface area contributed by atoms with Gasteiger partial charge < -0.3 is 55.8 Å². The lowest BCUT2D eigenvalue weighted by Crippen LogP contribution is -2.63. The van der Waals surface area contributed by atoms with Crippen LogP contribution >= 0.6 is 15.6 Å². The second kappa shape index (κ2) is 12.3. The second-order valence-electron chi connectivity index (χ2n) is 8.47. The van der Waals surface area contributed by atoms with Crippen molar-refractivity contribution in [2.75, 3.05) is 18.9 Å². The summed E-state index contributed by atoms with van der Waals surface area (Å²) in [5.74, 6) is -0.798. The number of rotatable bonds is 10. The standard InChI is InChI=1S/C17H28N4O16P2/c1-6(22)19-15-13(26)12(25)10(23)7(35-15)4-33-38(29,30)37-39(31,32)34-5-8-11(24)14(27)16(36-8)21-3-2-9(18)20-17(21)28/h2-3,7-8,10-16,23-27H,4-5H2,1H3,(H,19,22)(H,29,30)(H,31,32)(H2,18,20,28). The van der Waals surface area contributed by atoms with Gasteiger partial charge in [-0.3, -0.25) is 18.4 Å². The summed E-state index contributed by atoms with van der Waals surface area (Å²) in [6.45, 7) is -0.941. The van der Waals surface area contributed by atoms with Crippen molar-refractivity contribution in [1.29, 1.82) is 0 Å². The number of aliphatic hydroxyl groups is 5. The third kappa shape index (κ3) is 7.87. The fourth-order valence-corrected chi connectivity index (χ4v) is 5.73. The second-order valence-corrected chi connectivity index (χ2v) is 11.5. The lowest BCUT2D eigenvalue weighted by atomic mass is 9.98. The summed E-state index contributed by atoms with van der Waals surface area (Å²) >= 11 is 0. The number of nitrogen functional groups attached to an aromatic ring is 1. The number of anilines is 1. The van der Waals surface area contributed by atoms with Gasteiger partial charge in [0.2, 0.25) is 5.91 Å². The number of nitrogens with two attached hydrogens (primary N) is 1. The van der Waals surface area contributed by atoms with Crippen LogP contribution in [0.4, 0.5) is 5.82 Å². The molecule has 39 heavy (non-hydrogen) atoms. The van der Waals surface area contributed by atoms with Gasteiger partial charge in [0.1, 0.15) is 48.5 Å². The van der Waals surface area contributed by atoms with Crippen LogP contribution in [0, 0.1) is 0 Å². The number of nitrogens with one attached hydrogen (secondary N) is 1. The lowest BCUT2D eigenvalue weighted by Gasteiger charge is -2.40. The molecule has 0 radical (unpaired) electrons. The van der Waals surface area contributed by atoms with Crippen molar-refractivity contribution >= 4 is 27.4 Å². The van der Waals surface area contributed by atoms with E-state index in [-0.39, 0.29) is 5.82 Å². The van der Waals surface area contributed by atoms with E-state index in [1.807, 2.05) is 0 Å². The van der Waals surface area contributed by atoms with Crippen LogP contribution < -0.4 is 16.7 Å². The van der Waals surface area contributed by atoms with E-state index in [0.717, 1.165) is 17.7 Å². The van der Waals surface area contributed by atoms with Crippen molar-refractivity contribution < 1.29 is 72.1 Å². The van der Waals surface area contributed by atoms with Gasteiger partial charge >= 0.3 is 21.3 Å². The van der Waals surface area contributed by atoms with Gasteiger partial charge in [0.25, 0.3) is 0 Å². The fourth-order valence-electron chi connectivity index (χ4n) is 3.64. The number of aliphatic hydroxyl groups excluding tert-OH is 5. The number of carbonyl (C=O) groups excluding carboxylic acids is 1. The van der Waals surface area contributed by atoms with Crippen molar-refractivity contribution in [2.24, 2.45) is 0 Å². The molecule has 1 aromatic rings. The Morgan fingerprint density at radius 2 is 1.54 bits per heavy atom. The molecular formula is C17H28N4O16P2. The Morgan fingerprint density at radius 3 is 2.08 bits per heavy atom. The largest absolute Gasteiger partial charge is 0.481 e. The molecule has 11 unspecified atom stereocenters. The number of ether oxygens (including phenoxy) is 2. The van der Waals surface area contributed by atoms with E-state index < -0.39 is 95.6 Å². The monoisotopic (exact) mass is 606 g/mol. The van der Waals surface area contributed by atoms with Gasteiger partial charge in [-0.15, -0.1) is 0 Å². The molecule has 2 fully saturated rings. The number of carbonyl (C=O) groups is 1. The first kappa shape index (κ1) is 31.7. The van der Waals surface area contributed by atoms with Gasteiger partial charge in [-0.1, -0.05) is 0 Å². The zero-order valence-corrected chi connectivity index (χ0v) is 21.7. The summed E-state index contributed by atoms with van der Waals surface area (Å²) in [6.07, 6.45) is -14.0. The first-order valence-electron chi connectivity index (χ1n) is 11.0. The molecule has 22 heteroatoms. The minimum atomic E-state index is -5.43. The first-order valence-corrected chi connectivity index (χ1v) is 14.0. The molecule has 1 amide bonds. The van der Waals surface area contributed by atoms with Crippen LogP contribution in [-0.4, -0.2) is 113 Å². The number of amides is 1. The van der Waals surface area contributed by atoms with Gasteiger partial charge in [0.05, 0.1) is 13.2 Å². The third-order valence-electron chi connectivity index (χ3n) is 5.53. The summed E-state index contributed by atoms with van der Waals surface area (Å²) in [6, 6.07) is 1.21. The summed E-state index contributed by atoms with van der Waals surface area (Å²) in [4.78, 5) is 46.3. The molecule has 0 spiro atoms. The summed E-state index contributed by atoms with van der Waals surface area (Å²) < 4.78 is 48.9. The molecule has 10 N–H and O–H groups in total. The molecule has 3 rings (SSSR count). The van der Waals surface area contributed by atoms with Crippen LogP contribution in [0.1, 0.15) is 13.2 Å². The molecule has 11 atom stereocenters. The van der Waals surface area contributed by atoms with Crippen LogP contribution in [0.15, 0.2) is 17.1 Å². The van der Waals surface area contributed by atoms with Crippen LogP contribution in [0.25, 0.3) is 0 Å². The number of nitrogens with zero attached hydrogens (tertiary/aromatic N) is 2. The SMILES string of the molecule is CC(=O)NC1OC(COP(=O)(O)OP(=O)(O)OCC2OC(n3ccc(N)nc3=O)C(O)C2O)C(O)C(O)C1O. The van der Waals surface area contributed by atoms with Crippen molar-refractivity contribution in [3.63, 3.8) is 0 Å². The number of phosphoric acid groups is 2. The van der Waals surface area contributed by atoms with E-state index in [1.165, 1.54) is 6.07 Å². The average Bonchev–Trinajstić information content (AvgIpc) is 3.10. The molecule has 2 aliphatic rings. The highest BCUT2D eigenvalue weighted by Crippen LogP contribution is 2.60. The molecule has 0 aliphatic carbocycles. The molecule has 0 aromatic carbocycles. The predicted molar refractivity (Wildman–Crippen MR) is 122 cm³/mol. The lowest BCUT2D eigenvalue weighted by molar-refractivity contribution is -0.234. The smallest absolute Gasteiger partial charge is 0.387 e. The number of hydrogen-bond acceptors (Lipinski definition) is 16. The molecule has 2 saturated heterocycles. The van der Waals surface area contributed by atoms with Crippen molar-refractivity contribution in [1.82, 2.24) is 14.9 Å². The van der Waals surface area contributed by atoms with E-state index in [9.17, 15) is 54.0 Å². The predicted octanol–water partition coefficient (Wildman–Crippen LogP) is -4.36. The summed E-state index contributed by atoms with van der Waals surface area (Å²) in [5.41, 5.74) is 4.46. The maximum Gasteiger partial charge on any atom is 0.481 e. The van der Waals surface area contributed by atoms with E-state index in [2.05, 4.69) is 23.7 Å². The molecule has 222 valence electrons. The van der Waals surface area contributed by atoms with Crippen LogP contribution in [0.3, 0.4) is 0 Å². The molecule has 0 bridgehead atoms. The quantitative estimate of drug-likeness (QED) is 0.114. The Labute approximate surface area is 218 Å². The van der Waals surface area contributed by atoms with Gasteiger partial charge in [-0.2, -0.15) is 9.29 Å². The fraction of sp³-hybridized carbons (Fsp3) is 0.706. The van der Waals surface area contributed by atoms with Crippen molar-refractivity contribution in [3.05, 3.63) is 22.7 Å². The molecule has 0 saturated carbocycles. The van der Waals surface area contributed by atoms with E-state index in [0.29, 0.717) is 0 Å². The van der Waals surface area contributed by atoms with E-state index >= 15 is 0 Å². The normalized spacial score (nSPS) is 36.2. The van der Waals surface area contributed by atoms with Crippen molar-refractivity contribution in [3.8, 4) is 0 Å². The zero-order chi connectivity index (χ0) is 29.3. The minimum absolute atomic E-state index is 0.121. The zero-order valence-electron chi connectivity index (χ0n) is 19.9. The minimum Gasteiger partial charge on any atom is -0.387 e. The van der Waals surface area contributed by atoms with Crippen LogP contribution in [-0.2, 0) is 36.8 Å². The Kier molecular flexibility index (Phi) is 10.0. The van der Waals surface area contributed by atoms with Gasteiger partial charge in [0.15, 0.2) is 12.5 Å². The average molecular weight is 606 g/mol. The highest BCUT2D eigenvalue weighted by atomic mass is 31.3. The molecule has 1 aromatic heterocycles. The Balaban J connectivity index is 1.56. The van der Waals surface area contributed by atoms with Crippen LogP contribution in [0.5, 0.6) is 0 Å². The van der Waals surface area contributed by atoms with Crippen molar-refractivity contribution in [2.45, 2.75) is 62.1 Å². The molecule has 2 aliphatic heterocycles. The van der Waals surface area contributed by atoms with Crippen LogP contribution in [0.2, 0.25) is 0 Å². The highest BCUT2D eigenvalue weighted by Gasteiger charge is 2.47. The Bertz CT molecular complexity index is 1190. The maximum atomic E-state index is 12.2.